The molecule has 0 saturated carbocycles. The number of hydrogen-bond donors (Lipinski definition) is 2. The molecule has 2 saturated heterocycles. The number of quaternary nitrogens is 1. The molecule has 3 N–H and O–H groups in total. The average Bonchev–Trinajstić information content (AvgIpc) is 3.13. The molecular formula is C20H25ClN3O3+. The van der Waals surface area contributed by atoms with Crippen LogP contribution in [0.2, 0.25) is 5.02 Å². The fraction of sp³-hybridized carbons (Fsp3) is 0.550. The maximum atomic E-state index is 13.5. The van der Waals surface area contributed by atoms with Crippen molar-refractivity contribution in [2.45, 2.75) is 51.7 Å². The molecule has 3 amide bonds. The maximum absolute atomic E-state index is 13.5. The lowest BCUT2D eigenvalue weighted by molar-refractivity contribution is -0.738. The van der Waals surface area contributed by atoms with Gasteiger partial charge in [-0.3, -0.25) is 19.3 Å². The van der Waals surface area contributed by atoms with Gasteiger partial charge in [-0.2, -0.15) is 0 Å². The highest BCUT2D eigenvalue weighted by atomic mass is 35.5. The summed E-state index contributed by atoms with van der Waals surface area (Å²) in [6.45, 7) is 9.61. The van der Waals surface area contributed by atoms with E-state index >= 15 is 0 Å². The normalized spacial score (nSPS) is 32.5. The predicted octanol–water partition coefficient (Wildman–Crippen LogP) is 1.49. The summed E-state index contributed by atoms with van der Waals surface area (Å²) in [5, 5.41) is 5.26. The quantitative estimate of drug-likeness (QED) is 0.712. The zero-order valence-electron chi connectivity index (χ0n) is 16.2. The summed E-state index contributed by atoms with van der Waals surface area (Å²) in [6, 6.07) is 5.19. The van der Waals surface area contributed by atoms with E-state index < -0.39 is 22.9 Å². The van der Waals surface area contributed by atoms with Crippen molar-refractivity contribution in [3.8, 4) is 0 Å². The van der Waals surface area contributed by atoms with Gasteiger partial charge in [-0.15, -0.1) is 0 Å². The Morgan fingerprint density at radius 3 is 2.44 bits per heavy atom. The van der Waals surface area contributed by atoms with Gasteiger partial charge in [0.15, 0.2) is 0 Å². The molecule has 4 atom stereocenters. The van der Waals surface area contributed by atoms with Gasteiger partial charge in [-0.1, -0.05) is 31.5 Å². The molecule has 6 nitrogen and oxygen atoms in total. The van der Waals surface area contributed by atoms with Crippen LogP contribution in [-0.4, -0.2) is 34.2 Å². The minimum atomic E-state index is -1.15. The van der Waals surface area contributed by atoms with Crippen molar-refractivity contribution in [2.75, 3.05) is 5.32 Å². The standard InChI is InChI=1S/C20H24ClN3O3/c1-9(2)14-12-13(17(26)24(16(12)25)19(3,4)5)20(23-14)10-7-6-8-11(21)15(10)22-18(20)27/h6-9,12-14,23H,1-5H3,(H,22,27)/p+1/t12-,13-,14-,20+/m0/s1. The van der Waals surface area contributed by atoms with Crippen molar-refractivity contribution in [3.63, 3.8) is 0 Å². The number of nitrogens with one attached hydrogen (secondary N) is 1. The summed E-state index contributed by atoms with van der Waals surface area (Å²) < 4.78 is 0. The van der Waals surface area contributed by atoms with E-state index in [9.17, 15) is 14.4 Å². The van der Waals surface area contributed by atoms with Crippen LogP contribution < -0.4 is 10.6 Å². The minimum Gasteiger partial charge on any atom is -0.326 e. The number of carbonyl (C=O) groups excluding carboxylic acids is 3. The molecule has 1 aromatic rings. The second-order valence-electron chi connectivity index (χ2n) is 9.16. The SMILES string of the molecule is CC(C)[C@@H]1[NH2+][C@@]2(C(=O)Nc3c(Cl)cccc32)[C@@H]2C(=O)N(C(C)(C)C)C(=O)[C@@H]21. The van der Waals surface area contributed by atoms with Gasteiger partial charge in [0.1, 0.15) is 17.9 Å². The van der Waals surface area contributed by atoms with Gasteiger partial charge in [0.2, 0.25) is 17.4 Å². The Hall–Kier alpha value is -1.92. The van der Waals surface area contributed by atoms with Crippen molar-refractivity contribution in [1.82, 2.24) is 4.90 Å². The third kappa shape index (κ3) is 2.20. The van der Waals surface area contributed by atoms with E-state index in [1.807, 2.05) is 46.0 Å². The van der Waals surface area contributed by atoms with Gasteiger partial charge in [-0.05, 0) is 32.9 Å². The van der Waals surface area contributed by atoms with E-state index in [2.05, 4.69) is 5.32 Å². The Bertz CT molecular complexity index is 876. The summed E-state index contributed by atoms with van der Waals surface area (Å²) in [7, 11) is 0. The van der Waals surface area contributed by atoms with Crippen LogP contribution >= 0.6 is 11.6 Å². The Labute approximate surface area is 163 Å². The first kappa shape index (κ1) is 18.4. The number of nitrogens with zero attached hydrogens (tertiary/aromatic N) is 1. The first-order valence-electron chi connectivity index (χ1n) is 9.36. The number of imide groups is 1. The Kier molecular flexibility index (Phi) is 3.79. The lowest BCUT2D eigenvalue weighted by Crippen LogP contribution is -2.99. The lowest BCUT2D eigenvalue weighted by atomic mass is 9.76. The molecule has 3 aliphatic heterocycles. The zero-order valence-corrected chi connectivity index (χ0v) is 16.9. The van der Waals surface area contributed by atoms with Crippen molar-refractivity contribution in [3.05, 3.63) is 28.8 Å². The molecule has 3 aliphatic rings. The summed E-state index contributed by atoms with van der Waals surface area (Å²) in [4.78, 5) is 41.4. The molecule has 7 heteroatoms. The van der Waals surface area contributed by atoms with Crippen LogP contribution in [0.1, 0.15) is 40.2 Å². The molecule has 0 aliphatic carbocycles. The molecule has 144 valence electrons. The van der Waals surface area contributed by atoms with Gasteiger partial charge in [0.25, 0.3) is 5.91 Å². The van der Waals surface area contributed by atoms with Crippen LogP contribution in [-0.2, 0) is 19.9 Å². The minimum absolute atomic E-state index is 0.129. The molecule has 0 radical (unpaired) electrons. The maximum Gasteiger partial charge on any atom is 0.291 e. The van der Waals surface area contributed by atoms with Crippen LogP contribution in [0, 0.1) is 17.8 Å². The number of fused-ring (bicyclic) bond motifs is 4. The van der Waals surface area contributed by atoms with Crippen molar-refractivity contribution < 1.29 is 19.7 Å². The van der Waals surface area contributed by atoms with Crippen LogP contribution in [0.4, 0.5) is 5.69 Å². The van der Waals surface area contributed by atoms with Crippen molar-refractivity contribution in [1.29, 1.82) is 0 Å². The third-order valence-corrected chi connectivity index (χ3v) is 6.54. The monoisotopic (exact) mass is 390 g/mol. The number of amides is 3. The van der Waals surface area contributed by atoms with E-state index in [4.69, 9.17) is 11.6 Å². The number of carbonyl (C=O) groups is 3. The molecule has 2 fully saturated rings. The van der Waals surface area contributed by atoms with Crippen molar-refractivity contribution >= 4 is 35.0 Å². The summed E-state index contributed by atoms with van der Waals surface area (Å²) >= 11 is 6.31. The molecule has 1 spiro atoms. The second kappa shape index (κ2) is 5.55. The lowest BCUT2D eigenvalue weighted by Gasteiger charge is -2.33. The highest BCUT2D eigenvalue weighted by molar-refractivity contribution is 6.35. The first-order valence-corrected chi connectivity index (χ1v) is 9.74. The molecule has 4 rings (SSSR count). The average molecular weight is 391 g/mol. The number of halogens is 1. The summed E-state index contributed by atoms with van der Waals surface area (Å²) in [5.41, 5.74) is -0.520. The molecule has 1 aromatic carbocycles. The van der Waals surface area contributed by atoms with E-state index in [1.54, 1.807) is 12.1 Å². The predicted molar refractivity (Wildman–Crippen MR) is 101 cm³/mol. The Balaban J connectivity index is 1.95. The van der Waals surface area contributed by atoms with Gasteiger partial charge in [0.05, 0.1) is 10.7 Å². The van der Waals surface area contributed by atoms with E-state index in [0.717, 1.165) is 0 Å². The highest BCUT2D eigenvalue weighted by Crippen LogP contribution is 2.52. The number of hydrogen-bond acceptors (Lipinski definition) is 3. The molecule has 3 heterocycles. The molecular weight excluding hydrogens is 366 g/mol. The van der Waals surface area contributed by atoms with Gasteiger partial charge in [0, 0.05) is 17.0 Å². The summed E-state index contributed by atoms with van der Waals surface area (Å²) in [5.74, 6) is -1.82. The van der Waals surface area contributed by atoms with Crippen LogP contribution in [0.3, 0.4) is 0 Å². The smallest absolute Gasteiger partial charge is 0.291 e. The number of rotatable bonds is 1. The van der Waals surface area contributed by atoms with Crippen LogP contribution in [0.5, 0.6) is 0 Å². The fourth-order valence-corrected chi connectivity index (χ4v) is 5.37. The number of likely N-dealkylation sites (tertiary alicyclic amines) is 1. The Morgan fingerprint density at radius 2 is 1.85 bits per heavy atom. The Morgan fingerprint density at radius 1 is 1.19 bits per heavy atom. The van der Waals surface area contributed by atoms with Crippen molar-refractivity contribution in [2.24, 2.45) is 17.8 Å². The number of nitrogens with two attached hydrogens (primary N) is 1. The zero-order chi connectivity index (χ0) is 19.9. The number of para-hydroxylation sites is 1. The second-order valence-corrected chi connectivity index (χ2v) is 9.57. The van der Waals surface area contributed by atoms with Gasteiger partial charge in [-0.25, -0.2) is 0 Å². The van der Waals surface area contributed by atoms with Gasteiger partial charge >= 0.3 is 0 Å². The fourth-order valence-electron chi connectivity index (χ4n) is 5.15. The highest BCUT2D eigenvalue weighted by Gasteiger charge is 2.75. The third-order valence-electron chi connectivity index (χ3n) is 6.23. The summed E-state index contributed by atoms with van der Waals surface area (Å²) in [6.07, 6.45) is 0. The van der Waals surface area contributed by atoms with Crippen LogP contribution in [0.15, 0.2) is 18.2 Å². The molecule has 0 aromatic heterocycles. The van der Waals surface area contributed by atoms with Crippen LogP contribution in [0.25, 0.3) is 0 Å². The largest absolute Gasteiger partial charge is 0.326 e. The number of anilines is 1. The first-order chi connectivity index (χ1) is 12.5. The molecule has 0 unspecified atom stereocenters. The molecule has 0 bridgehead atoms. The van der Waals surface area contributed by atoms with E-state index in [1.165, 1.54) is 4.90 Å². The van der Waals surface area contributed by atoms with E-state index in [-0.39, 0.29) is 29.7 Å². The topological polar surface area (TPSA) is 83.1 Å². The van der Waals surface area contributed by atoms with E-state index in [0.29, 0.717) is 16.3 Å². The van der Waals surface area contributed by atoms with Gasteiger partial charge < -0.3 is 10.6 Å². The molecule has 27 heavy (non-hydrogen) atoms. The number of benzene rings is 1.